The van der Waals surface area contributed by atoms with Crippen LogP contribution in [0.1, 0.15) is 63.4 Å². The van der Waals surface area contributed by atoms with Crippen LogP contribution in [0, 0.1) is 52.6 Å². The van der Waals surface area contributed by atoms with Crippen molar-refractivity contribution in [2.75, 3.05) is 64.7 Å². The monoisotopic (exact) mass is 722 g/mol. The van der Waals surface area contributed by atoms with E-state index in [1.807, 2.05) is 12.1 Å². The van der Waals surface area contributed by atoms with Gasteiger partial charge in [-0.15, -0.1) is 6.42 Å². The molecule has 2 aliphatic heterocycles. The maximum atomic E-state index is 17.3. The van der Waals surface area contributed by atoms with E-state index < -0.39 is 11.6 Å². The van der Waals surface area contributed by atoms with Crippen LogP contribution in [0.3, 0.4) is 0 Å². The molecular weight excluding hydrogens is 674 g/mol. The number of anilines is 1. The SMILES string of the molecule is C#Cc1cccc2cc(OCOC)cc(-c3c(F)cc4c(N5CC6CCC(C6)C5)nc(OCC5(CN6CCC7(CC6)CC(CO)C7)CC5)nc4c3F)c12. The molecule has 1 N–H and O–H groups in total. The van der Waals surface area contributed by atoms with Crippen LogP contribution < -0.4 is 14.4 Å². The molecule has 3 heterocycles. The summed E-state index contributed by atoms with van der Waals surface area (Å²) in [6.45, 7) is 5.42. The molecule has 2 bridgehead atoms. The second-order valence-electron chi connectivity index (χ2n) is 16.8. The van der Waals surface area contributed by atoms with E-state index in [4.69, 9.17) is 30.6 Å². The first-order chi connectivity index (χ1) is 25.8. The molecule has 278 valence electrons. The zero-order valence-electron chi connectivity index (χ0n) is 30.5. The summed E-state index contributed by atoms with van der Waals surface area (Å²) in [5, 5.41) is 11.1. The Morgan fingerprint density at radius 3 is 2.47 bits per heavy atom. The van der Waals surface area contributed by atoms with E-state index in [-0.39, 0.29) is 34.9 Å². The number of nitrogens with zero attached hydrogens (tertiary/aromatic N) is 4. The van der Waals surface area contributed by atoms with Crippen LogP contribution >= 0.6 is 0 Å². The molecule has 2 atom stereocenters. The van der Waals surface area contributed by atoms with Gasteiger partial charge in [-0.1, -0.05) is 18.1 Å². The normalized spacial score (nSPS) is 23.3. The third-order valence-electron chi connectivity index (χ3n) is 13.1. The summed E-state index contributed by atoms with van der Waals surface area (Å²) in [7, 11) is 1.52. The highest BCUT2D eigenvalue weighted by atomic mass is 19.1. The van der Waals surface area contributed by atoms with E-state index in [1.165, 1.54) is 32.4 Å². The average Bonchev–Trinajstić information content (AvgIpc) is 3.84. The number of halogens is 2. The summed E-state index contributed by atoms with van der Waals surface area (Å²) in [5.74, 6) is 3.68. The van der Waals surface area contributed by atoms with Crippen LogP contribution in [0.25, 0.3) is 32.8 Å². The Hall–Kier alpha value is -4.04. The minimum Gasteiger partial charge on any atom is -0.468 e. The maximum Gasteiger partial charge on any atom is 0.319 e. The number of benzene rings is 3. The van der Waals surface area contributed by atoms with Crippen LogP contribution in [-0.2, 0) is 4.74 Å². The number of hydrogen-bond acceptors (Lipinski definition) is 8. The van der Waals surface area contributed by atoms with E-state index in [2.05, 4.69) is 15.7 Å². The van der Waals surface area contributed by atoms with E-state index in [1.54, 1.807) is 18.2 Å². The number of rotatable bonds is 11. The van der Waals surface area contributed by atoms with E-state index in [0.29, 0.717) is 69.7 Å². The highest BCUT2D eigenvalue weighted by Crippen LogP contribution is 2.54. The standard InChI is InChI=1S/C43H48F2N4O4/c1-3-30-5-4-6-31-16-32(53-26-51-2)17-33(36(30)31)37-35(44)18-34-39(38(37)45)46-41(47-40(34)49-21-27-7-8-28(15-27)22-49)52-25-43(9-10-43)24-48-13-11-42(12-14-48)19-29(20-42)23-50/h1,4-6,16-18,27-29,50H,7-15,19-26H2,2H3. The van der Waals surface area contributed by atoms with Crippen molar-refractivity contribution >= 4 is 27.5 Å². The lowest BCUT2D eigenvalue weighted by Crippen LogP contribution is -2.49. The third kappa shape index (κ3) is 6.49. The van der Waals surface area contributed by atoms with Crippen LogP contribution in [0.15, 0.2) is 36.4 Å². The maximum absolute atomic E-state index is 17.3. The summed E-state index contributed by atoms with van der Waals surface area (Å²) in [6, 6.07) is 10.4. The number of aliphatic hydroxyl groups excluding tert-OH is 1. The number of fused-ring (bicyclic) bond motifs is 4. The summed E-state index contributed by atoms with van der Waals surface area (Å²) < 4.78 is 51.2. The minimum atomic E-state index is -0.784. The van der Waals surface area contributed by atoms with Gasteiger partial charge in [-0.2, -0.15) is 9.97 Å². The number of aromatic nitrogens is 2. The number of likely N-dealkylation sites (tertiary alicyclic amines) is 1. The van der Waals surface area contributed by atoms with Crippen LogP contribution in [0.5, 0.6) is 11.8 Å². The van der Waals surface area contributed by atoms with E-state index in [0.717, 1.165) is 71.2 Å². The highest BCUT2D eigenvalue weighted by molar-refractivity contribution is 6.04. The van der Waals surface area contributed by atoms with Crippen LogP contribution in [0.4, 0.5) is 14.6 Å². The first kappa shape index (κ1) is 34.7. The number of methoxy groups -OCH3 is 1. The Balaban J connectivity index is 1.07. The molecule has 10 heteroatoms. The average molecular weight is 723 g/mol. The summed E-state index contributed by atoms with van der Waals surface area (Å²) in [4.78, 5) is 14.4. The lowest BCUT2D eigenvalue weighted by Gasteiger charge is -2.52. The van der Waals surface area contributed by atoms with Gasteiger partial charge < -0.3 is 29.1 Å². The van der Waals surface area contributed by atoms with Crippen molar-refractivity contribution in [3.63, 3.8) is 0 Å². The zero-order valence-corrected chi connectivity index (χ0v) is 30.5. The predicted molar refractivity (Wildman–Crippen MR) is 201 cm³/mol. The molecule has 4 aromatic rings. The van der Waals surface area contributed by atoms with Gasteiger partial charge in [0.2, 0.25) is 0 Å². The fraction of sp³-hybridized carbons (Fsp3) is 0.535. The summed E-state index contributed by atoms with van der Waals surface area (Å²) >= 11 is 0. The number of piperidine rings is 2. The van der Waals surface area contributed by atoms with Crippen LogP contribution in [-0.4, -0.2) is 79.8 Å². The fourth-order valence-electron chi connectivity index (χ4n) is 10.1. The molecule has 5 aliphatic rings. The second-order valence-corrected chi connectivity index (χ2v) is 16.8. The van der Waals surface area contributed by atoms with Gasteiger partial charge in [0.05, 0.1) is 12.2 Å². The molecular formula is C43H48F2N4O4. The Bertz CT molecular complexity index is 2070. The first-order valence-electron chi connectivity index (χ1n) is 19.3. The van der Waals surface area contributed by atoms with Crippen molar-refractivity contribution in [3.8, 4) is 35.2 Å². The second kappa shape index (κ2) is 13.7. The van der Waals surface area contributed by atoms with Crippen molar-refractivity contribution in [3.05, 3.63) is 53.6 Å². The molecule has 3 aliphatic carbocycles. The predicted octanol–water partition coefficient (Wildman–Crippen LogP) is 7.57. The molecule has 3 saturated carbocycles. The summed E-state index contributed by atoms with van der Waals surface area (Å²) in [5.41, 5.74) is 1.05. The fourth-order valence-corrected chi connectivity index (χ4v) is 10.1. The number of terminal acetylenes is 1. The van der Waals surface area contributed by atoms with Crippen LogP contribution in [0.2, 0.25) is 0 Å². The summed E-state index contributed by atoms with van der Waals surface area (Å²) in [6.07, 6.45) is 16.2. The molecule has 0 radical (unpaired) electrons. The molecule has 5 fully saturated rings. The minimum absolute atomic E-state index is 0.0140. The third-order valence-corrected chi connectivity index (χ3v) is 13.1. The molecule has 1 aromatic heterocycles. The van der Waals surface area contributed by atoms with Gasteiger partial charge in [-0.05, 0) is 124 Å². The highest BCUT2D eigenvalue weighted by Gasteiger charge is 2.49. The van der Waals surface area contributed by atoms with Crippen molar-refractivity contribution in [2.24, 2.45) is 28.6 Å². The van der Waals surface area contributed by atoms with Crippen molar-refractivity contribution < 1.29 is 28.1 Å². The molecule has 0 amide bonds. The van der Waals surface area contributed by atoms with E-state index >= 15 is 8.78 Å². The number of ether oxygens (including phenoxy) is 3. The lowest BCUT2D eigenvalue weighted by molar-refractivity contribution is -0.0381. The Morgan fingerprint density at radius 1 is 1.00 bits per heavy atom. The number of aliphatic hydroxyl groups is 1. The molecule has 9 rings (SSSR count). The molecule has 2 unspecified atom stereocenters. The zero-order chi connectivity index (χ0) is 36.3. The largest absolute Gasteiger partial charge is 0.468 e. The van der Waals surface area contributed by atoms with E-state index in [9.17, 15) is 5.11 Å². The van der Waals surface area contributed by atoms with Gasteiger partial charge in [-0.3, -0.25) is 0 Å². The van der Waals surface area contributed by atoms with Gasteiger partial charge in [0.1, 0.15) is 22.9 Å². The Labute approximate surface area is 309 Å². The molecule has 3 aromatic carbocycles. The molecule has 53 heavy (non-hydrogen) atoms. The lowest BCUT2D eigenvalue weighted by atomic mass is 9.58. The van der Waals surface area contributed by atoms with Crippen molar-refractivity contribution in [1.82, 2.24) is 14.9 Å². The Morgan fingerprint density at radius 2 is 1.77 bits per heavy atom. The van der Waals surface area contributed by atoms with Crippen molar-refractivity contribution in [1.29, 1.82) is 0 Å². The number of hydrogen-bond donors (Lipinski definition) is 1. The first-order valence-corrected chi connectivity index (χ1v) is 19.3. The quantitative estimate of drug-likeness (QED) is 0.126. The Kier molecular flexibility index (Phi) is 8.95. The van der Waals surface area contributed by atoms with Gasteiger partial charge in [0.15, 0.2) is 12.6 Å². The van der Waals surface area contributed by atoms with Gasteiger partial charge in [-0.25, -0.2) is 8.78 Å². The molecule has 1 spiro atoms. The van der Waals surface area contributed by atoms with Gasteiger partial charge in [0, 0.05) is 60.7 Å². The molecule has 8 nitrogen and oxygen atoms in total. The smallest absolute Gasteiger partial charge is 0.319 e. The van der Waals surface area contributed by atoms with Gasteiger partial charge in [0.25, 0.3) is 0 Å². The topological polar surface area (TPSA) is 80.2 Å². The molecule has 2 saturated heterocycles. The van der Waals surface area contributed by atoms with Crippen molar-refractivity contribution in [2.45, 2.75) is 57.8 Å². The van der Waals surface area contributed by atoms with Gasteiger partial charge >= 0.3 is 6.01 Å².